The fraction of sp³-hybridized carbons (Fsp3) is 0.625. The molecule has 3 heteroatoms. The Hall–Kier alpha value is -1.06. The Morgan fingerprint density at radius 3 is 2.53 bits per heavy atom. The van der Waals surface area contributed by atoms with Crippen molar-refractivity contribution >= 4 is 0 Å². The second-order valence-electron chi connectivity index (χ2n) is 5.57. The van der Waals surface area contributed by atoms with Gasteiger partial charge in [-0.2, -0.15) is 0 Å². The lowest BCUT2D eigenvalue weighted by Crippen LogP contribution is -2.43. The number of methoxy groups -OCH3 is 1. The number of hydrogen-bond acceptors (Lipinski definition) is 3. The fourth-order valence-corrected chi connectivity index (χ4v) is 3.13. The maximum Gasteiger partial charge on any atom is 0.188 e. The molecule has 0 heterocycles. The highest BCUT2D eigenvalue weighted by Crippen LogP contribution is 2.41. The molecular weight excluding hydrogens is 238 g/mol. The van der Waals surface area contributed by atoms with Crippen molar-refractivity contribution < 1.29 is 9.47 Å². The molecule has 1 aromatic rings. The molecule has 0 bridgehead atoms. The monoisotopic (exact) mass is 263 g/mol. The number of nitrogens with zero attached hydrogens (tertiary/aromatic N) is 1. The van der Waals surface area contributed by atoms with E-state index in [1.54, 1.807) is 7.11 Å². The molecule has 19 heavy (non-hydrogen) atoms. The van der Waals surface area contributed by atoms with Gasteiger partial charge < -0.3 is 9.47 Å². The third kappa shape index (κ3) is 3.10. The molecule has 3 nitrogen and oxygen atoms in total. The molecule has 0 amide bonds. The third-order valence-electron chi connectivity index (χ3n) is 4.25. The highest BCUT2D eigenvalue weighted by Gasteiger charge is 2.36. The summed E-state index contributed by atoms with van der Waals surface area (Å²) in [5, 5.41) is 0. The summed E-state index contributed by atoms with van der Waals surface area (Å²) in [7, 11) is 6.02. The molecule has 0 spiro atoms. The number of rotatable bonds is 5. The van der Waals surface area contributed by atoms with Crippen LogP contribution >= 0.6 is 0 Å². The average molecular weight is 263 g/mol. The molecule has 0 radical (unpaired) electrons. The van der Waals surface area contributed by atoms with Gasteiger partial charge in [0, 0.05) is 12.6 Å². The lowest BCUT2D eigenvalue weighted by molar-refractivity contribution is 0.0504. The van der Waals surface area contributed by atoms with Crippen LogP contribution in [0.2, 0.25) is 0 Å². The zero-order valence-corrected chi connectivity index (χ0v) is 12.3. The highest BCUT2D eigenvalue weighted by atomic mass is 16.7. The molecule has 0 aliphatic heterocycles. The van der Waals surface area contributed by atoms with Crippen molar-refractivity contribution in [2.24, 2.45) is 0 Å². The van der Waals surface area contributed by atoms with Gasteiger partial charge in [0.05, 0.1) is 0 Å². The zero-order chi connectivity index (χ0) is 13.7. The summed E-state index contributed by atoms with van der Waals surface area (Å²) >= 11 is 0. The first-order valence-electron chi connectivity index (χ1n) is 7.09. The van der Waals surface area contributed by atoms with Crippen molar-refractivity contribution in [1.29, 1.82) is 0 Å². The van der Waals surface area contributed by atoms with Crippen LogP contribution in [0.4, 0.5) is 0 Å². The Kier molecular flexibility index (Phi) is 4.83. The molecule has 0 unspecified atom stereocenters. The molecule has 0 aromatic heterocycles. The van der Waals surface area contributed by atoms with E-state index >= 15 is 0 Å². The summed E-state index contributed by atoms with van der Waals surface area (Å²) in [5.74, 6) is 0.895. The van der Waals surface area contributed by atoms with E-state index in [9.17, 15) is 0 Å². The average Bonchev–Trinajstić information content (AvgIpc) is 2.46. The van der Waals surface area contributed by atoms with Crippen LogP contribution in [0.25, 0.3) is 0 Å². The van der Waals surface area contributed by atoms with Crippen molar-refractivity contribution in [2.75, 3.05) is 28.0 Å². The summed E-state index contributed by atoms with van der Waals surface area (Å²) in [6.45, 7) is 0.304. The second-order valence-corrected chi connectivity index (χ2v) is 5.57. The van der Waals surface area contributed by atoms with Gasteiger partial charge in [0.2, 0.25) is 0 Å². The Labute approximate surface area is 116 Å². The minimum atomic E-state index is 0.171. The molecule has 1 saturated carbocycles. The van der Waals surface area contributed by atoms with Crippen LogP contribution in [-0.2, 0) is 10.3 Å². The van der Waals surface area contributed by atoms with Crippen molar-refractivity contribution in [3.8, 4) is 5.75 Å². The molecule has 1 fully saturated rings. The van der Waals surface area contributed by atoms with Crippen LogP contribution < -0.4 is 4.74 Å². The highest BCUT2D eigenvalue weighted by molar-refractivity contribution is 5.34. The van der Waals surface area contributed by atoms with Crippen molar-refractivity contribution in [3.05, 3.63) is 29.8 Å². The SMILES string of the molecule is COCOc1cccc(C2(N(C)C)CCCCC2)c1. The van der Waals surface area contributed by atoms with E-state index in [1.807, 2.05) is 6.07 Å². The quantitative estimate of drug-likeness (QED) is 0.760. The van der Waals surface area contributed by atoms with E-state index in [-0.39, 0.29) is 5.54 Å². The number of hydrogen-bond donors (Lipinski definition) is 0. The van der Waals surface area contributed by atoms with Gasteiger partial charge in [0.1, 0.15) is 5.75 Å². The summed E-state index contributed by atoms with van der Waals surface area (Å²) in [6, 6.07) is 8.48. The maximum absolute atomic E-state index is 5.57. The summed E-state index contributed by atoms with van der Waals surface area (Å²) in [5.41, 5.74) is 1.54. The summed E-state index contributed by atoms with van der Waals surface area (Å²) in [4.78, 5) is 2.38. The second kappa shape index (κ2) is 6.40. The van der Waals surface area contributed by atoms with Gasteiger partial charge in [-0.15, -0.1) is 0 Å². The largest absolute Gasteiger partial charge is 0.468 e. The van der Waals surface area contributed by atoms with E-state index in [2.05, 4.69) is 37.2 Å². The van der Waals surface area contributed by atoms with Crippen LogP contribution in [0.3, 0.4) is 0 Å². The first kappa shape index (κ1) is 14.4. The van der Waals surface area contributed by atoms with Gasteiger partial charge in [-0.05, 0) is 44.6 Å². The van der Waals surface area contributed by atoms with Crippen molar-refractivity contribution in [3.63, 3.8) is 0 Å². The zero-order valence-electron chi connectivity index (χ0n) is 12.3. The van der Waals surface area contributed by atoms with Gasteiger partial charge in [0.25, 0.3) is 0 Å². The van der Waals surface area contributed by atoms with Crippen LogP contribution in [-0.4, -0.2) is 32.9 Å². The Balaban J connectivity index is 2.26. The molecule has 1 aliphatic carbocycles. The molecule has 106 valence electrons. The van der Waals surface area contributed by atoms with E-state index in [0.29, 0.717) is 6.79 Å². The van der Waals surface area contributed by atoms with Gasteiger partial charge in [-0.3, -0.25) is 4.90 Å². The van der Waals surface area contributed by atoms with Gasteiger partial charge in [-0.1, -0.05) is 31.4 Å². The number of ether oxygens (including phenoxy) is 2. The molecule has 1 aliphatic rings. The number of benzene rings is 1. The van der Waals surface area contributed by atoms with Crippen LogP contribution in [0.5, 0.6) is 5.75 Å². The Morgan fingerprint density at radius 2 is 1.89 bits per heavy atom. The van der Waals surface area contributed by atoms with Crippen LogP contribution in [0.1, 0.15) is 37.7 Å². The van der Waals surface area contributed by atoms with E-state index in [0.717, 1.165) is 5.75 Å². The lowest BCUT2D eigenvalue weighted by atomic mass is 9.75. The topological polar surface area (TPSA) is 21.7 Å². The molecule has 2 rings (SSSR count). The normalized spacial score (nSPS) is 18.5. The predicted octanol–water partition coefficient (Wildman–Crippen LogP) is 3.39. The minimum Gasteiger partial charge on any atom is -0.468 e. The molecule has 0 saturated heterocycles. The van der Waals surface area contributed by atoms with Crippen LogP contribution in [0, 0.1) is 0 Å². The first-order valence-corrected chi connectivity index (χ1v) is 7.09. The molecule has 0 N–H and O–H groups in total. The Morgan fingerprint density at radius 1 is 1.16 bits per heavy atom. The van der Waals surface area contributed by atoms with Crippen LogP contribution in [0.15, 0.2) is 24.3 Å². The molecule has 0 atom stereocenters. The van der Waals surface area contributed by atoms with E-state index < -0.39 is 0 Å². The maximum atomic E-state index is 5.57. The van der Waals surface area contributed by atoms with Crippen molar-refractivity contribution in [2.45, 2.75) is 37.6 Å². The molecule has 1 aromatic carbocycles. The first-order chi connectivity index (χ1) is 9.19. The van der Waals surface area contributed by atoms with Crippen molar-refractivity contribution in [1.82, 2.24) is 4.90 Å². The minimum absolute atomic E-state index is 0.171. The van der Waals surface area contributed by atoms with Gasteiger partial charge in [-0.25, -0.2) is 0 Å². The van der Waals surface area contributed by atoms with E-state index in [1.165, 1.54) is 37.7 Å². The smallest absolute Gasteiger partial charge is 0.188 e. The van der Waals surface area contributed by atoms with E-state index in [4.69, 9.17) is 9.47 Å². The van der Waals surface area contributed by atoms with Gasteiger partial charge >= 0.3 is 0 Å². The summed E-state index contributed by atoms with van der Waals surface area (Å²) < 4.78 is 10.5. The third-order valence-corrected chi connectivity index (χ3v) is 4.25. The van der Waals surface area contributed by atoms with Gasteiger partial charge in [0.15, 0.2) is 6.79 Å². The Bertz CT molecular complexity index is 397. The lowest BCUT2D eigenvalue weighted by Gasteiger charge is -2.43. The fourth-order valence-electron chi connectivity index (χ4n) is 3.13. The predicted molar refractivity (Wildman–Crippen MR) is 77.4 cm³/mol. The molecular formula is C16H25NO2. The summed E-state index contributed by atoms with van der Waals surface area (Å²) in [6.07, 6.45) is 6.43. The standard InChI is InChI=1S/C16H25NO2/c1-17(2)16(10-5-4-6-11-16)14-8-7-9-15(12-14)19-13-18-3/h7-9,12H,4-6,10-11,13H2,1-3H3.